The lowest BCUT2D eigenvalue weighted by Gasteiger charge is -2.28. The maximum absolute atomic E-state index is 13.5. The van der Waals surface area contributed by atoms with Gasteiger partial charge in [-0.15, -0.1) is 6.58 Å². The molecule has 0 spiro atoms. The third kappa shape index (κ3) is 22.2. The first-order chi connectivity index (χ1) is 39.7. The molecule has 0 unspecified atom stereocenters. The van der Waals surface area contributed by atoms with E-state index < -0.39 is 108 Å². The molecule has 470 valence electrons. The summed E-state index contributed by atoms with van der Waals surface area (Å²) in [5, 5.41) is 33.4. The van der Waals surface area contributed by atoms with Crippen molar-refractivity contribution in [2.24, 2.45) is 23.3 Å². The Labute approximate surface area is 500 Å². The second-order valence-electron chi connectivity index (χ2n) is 21.0. The van der Waals surface area contributed by atoms with Crippen LogP contribution < -0.4 is 32.7 Å². The number of hydrogen-bond acceptors (Lipinski definition) is 19. The monoisotopic (exact) mass is 1190 g/mol. The van der Waals surface area contributed by atoms with Crippen molar-refractivity contribution in [2.45, 2.75) is 136 Å². The predicted octanol–water partition coefficient (Wildman–Crippen LogP) is 4.59. The summed E-state index contributed by atoms with van der Waals surface area (Å²) in [6.45, 7) is 15.2. The summed E-state index contributed by atoms with van der Waals surface area (Å²) in [4.78, 5) is 104. The summed E-state index contributed by atoms with van der Waals surface area (Å²) in [6, 6.07) is 0. The van der Waals surface area contributed by atoms with Crippen LogP contribution in [-0.2, 0) is 57.2 Å². The van der Waals surface area contributed by atoms with Crippen LogP contribution in [0.5, 0.6) is 0 Å². The molecule has 4 amide bonds. The standard InChI is InChI=1S/C31H46N4O8.C30H41N3O8.CH4/c1-18-10-8-13-25(42-7)29(43-31(32)40)20(3)16-19(2)27(37)24(41-6)12-9-11-21-26(33-14-15-35(4)5)23(36)17-22(28(21)38)34-30(18)39;1-7-14-32-25-20-11-9-12-23(39-5)26(35)18(3)15-19(4)28(41-30(31)38)24(40-6)13-8-10-17(2)29(37)33-21(27(20)36)16-22(25)34;/h8,10,13,16-17,19,24-25,27,29,33,37H,9,11-12,14-15H2,1-7H3,(H2,32,40)(H,34,39);7-8,10,13,15-16,18,23-24,26,28,32,35H,1,9,11-12,14H2,2-6H3,(H2,31,38)(H,33,37);1H4/b13-8-,18-10+,20-16+;13-8-,17-10+,19-15+;/t19-,24-,25-,27+,29-;18-,23-,24-,26+,28-;/m00./s1. The summed E-state index contributed by atoms with van der Waals surface area (Å²) in [5.41, 5.74) is 13.0. The normalized spacial score (nSPS) is 29.6. The average molecular weight is 1190 g/mol. The smallest absolute Gasteiger partial charge is 0.405 e. The highest BCUT2D eigenvalue weighted by molar-refractivity contribution is 6.24. The number of ketones is 4. The molecule has 0 fully saturated rings. The van der Waals surface area contributed by atoms with E-state index in [0.29, 0.717) is 49.9 Å². The molecule has 23 heteroatoms. The number of rotatable bonds is 13. The van der Waals surface area contributed by atoms with Crippen LogP contribution in [0.4, 0.5) is 9.59 Å². The largest absolute Gasteiger partial charge is 0.439 e. The lowest BCUT2D eigenvalue weighted by atomic mass is 9.89. The molecule has 85 heavy (non-hydrogen) atoms. The van der Waals surface area contributed by atoms with Gasteiger partial charge in [-0.05, 0) is 91.5 Å². The number of hydrogen-bond donors (Lipinski definition) is 8. The summed E-state index contributed by atoms with van der Waals surface area (Å²) < 4.78 is 33.0. The Morgan fingerprint density at radius 3 is 1.40 bits per heavy atom. The maximum atomic E-state index is 13.5. The first-order valence-electron chi connectivity index (χ1n) is 27.6. The highest BCUT2D eigenvalue weighted by Crippen LogP contribution is 2.29. The zero-order valence-electron chi connectivity index (χ0n) is 50.4. The Morgan fingerprint density at radius 2 is 1.06 bits per heavy atom. The number of primary amides is 2. The number of nitrogens with one attached hydrogen (secondary N) is 4. The van der Waals surface area contributed by atoms with Crippen LogP contribution in [0.3, 0.4) is 0 Å². The van der Waals surface area contributed by atoms with Crippen molar-refractivity contribution in [3.05, 3.63) is 130 Å². The molecule has 0 aromatic rings. The van der Waals surface area contributed by atoms with Crippen LogP contribution in [0.2, 0.25) is 0 Å². The molecule has 4 aliphatic rings. The summed E-state index contributed by atoms with van der Waals surface area (Å²) >= 11 is 0. The summed E-state index contributed by atoms with van der Waals surface area (Å²) in [5.74, 6) is -3.76. The number of amides is 4. The fourth-order valence-electron chi connectivity index (χ4n) is 9.63. The number of carbonyl (C=O) groups is 8. The predicted molar refractivity (Wildman–Crippen MR) is 321 cm³/mol. The number of nitrogens with two attached hydrogens (primary N) is 2. The lowest BCUT2D eigenvalue weighted by Crippen LogP contribution is -2.37. The van der Waals surface area contributed by atoms with Crippen molar-refractivity contribution in [3.8, 4) is 0 Å². The first kappa shape index (κ1) is 73.7. The van der Waals surface area contributed by atoms with Gasteiger partial charge in [0.1, 0.15) is 12.2 Å². The van der Waals surface area contributed by atoms with E-state index in [1.54, 1.807) is 84.1 Å². The number of allylic oxidation sites excluding steroid dienone is 8. The van der Waals surface area contributed by atoms with E-state index in [9.17, 15) is 48.6 Å². The zero-order valence-corrected chi connectivity index (χ0v) is 50.4. The third-order valence-corrected chi connectivity index (χ3v) is 14.3. The molecule has 0 aromatic carbocycles. The van der Waals surface area contributed by atoms with E-state index in [1.165, 1.54) is 40.6 Å². The highest BCUT2D eigenvalue weighted by atomic mass is 16.6. The van der Waals surface area contributed by atoms with E-state index in [-0.39, 0.29) is 71.9 Å². The van der Waals surface area contributed by atoms with Gasteiger partial charge in [-0.25, -0.2) is 9.59 Å². The molecule has 0 radical (unpaired) electrons. The van der Waals surface area contributed by atoms with Gasteiger partial charge in [0.15, 0.2) is 12.2 Å². The third-order valence-electron chi connectivity index (χ3n) is 14.3. The van der Waals surface area contributed by atoms with Crippen LogP contribution in [-0.4, -0.2) is 173 Å². The molecule has 4 rings (SSSR count). The second-order valence-corrected chi connectivity index (χ2v) is 21.0. The molecular weight excluding hydrogens is 1100 g/mol. The van der Waals surface area contributed by atoms with Gasteiger partial charge in [0.25, 0.3) is 11.8 Å². The Kier molecular flexibility index (Phi) is 31.6. The van der Waals surface area contributed by atoms with Crippen molar-refractivity contribution in [1.82, 2.24) is 26.2 Å². The molecule has 0 saturated carbocycles. The molecule has 2 aliphatic carbocycles. The minimum absolute atomic E-state index is 0. The molecule has 4 bridgehead atoms. The number of likely N-dealkylation sites (N-methyl/N-ethyl adjacent to an activating group) is 1. The van der Waals surface area contributed by atoms with Gasteiger partial charge in [-0.3, -0.25) is 28.8 Å². The maximum Gasteiger partial charge on any atom is 0.405 e. The van der Waals surface area contributed by atoms with Gasteiger partial charge >= 0.3 is 12.2 Å². The van der Waals surface area contributed by atoms with Crippen molar-refractivity contribution >= 4 is 47.1 Å². The minimum atomic E-state index is -1.000. The summed E-state index contributed by atoms with van der Waals surface area (Å²) in [6.07, 6.45) is 10.2. The van der Waals surface area contributed by atoms with E-state index in [1.807, 2.05) is 19.0 Å². The molecular formula is C62H91N7O16. The number of methoxy groups -OCH3 is 4. The van der Waals surface area contributed by atoms with Gasteiger partial charge in [0.2, 0.25) is 23.1 Å². The van der Waals surface area contributed by atoms with Crippen LogP contribution in [0.25, 0.3) is 0 Å². The van der Waals surface area contributed by atoms with Crippen LogP contribution in [0, 0.1) is 11.8 Å². The van der Waals surface area contributed by atoms with E-state index in [0.717, 1.165) is 12.2 Å². The van der Waals surface area contributed by atoms with E-state index in [2.05, 4.69) is 27.8 Å². The summed E-state index contributed by atoms with van der Waals surface area (Å²) in [7, 11) is 9.64. The minimum Gasteiger partial charge on any atom is -0.439 e. The van der Waals surface area contributed by atoms with Crippen LogP contribution >= 0.6 is 0 Å². The van der Waals surface area contributed by atoms with Crippen molar-refractivity contribution in [2.75, 3.05) is 62.2 Å². The molecule has 23 nitrogen and oxygen atoms in total. The molecule has 10 atom stereocenters. The Hall–Kier alpha value is -7.38. The van der Waals surface area contributed by atoms with Gasteiger partial charge in [0, 0.05) is 94.4 Å². The Morgan fingerprint density at radius 1 is 0.671 bits per heavy atom. The average Bonchev–Trinajstić information content (AvgIpc) is 3.61. The van der Waals surface area contributed by atoms with Gasteiger partial charge < -0.3 is 76.3 Å². The number of ether oxygens (including phenoxy) is 6. The molecule has 0 saturated heterocycles. The van der Waals surface area contributed by atoms with Crippen molar-refractivity contribution in [3.63, 3.8) is 0 Å². The van der Waals surface area contributed by atoms with Gasteiger partial charge in [-0.1, -0.05) is 76.0 Å². The fourth-order valence-corrected chi connectivity index (χ4v) is 9.63. The first-order valence-corrected chi connectivity index (χ1v) is 27.6. The van der Waals surface area contributed by atoms with E-state index in [4.69, 9.17) is 39.9 Å². The molecule has 2 aliphatic heterocycles. The molecule has 0 aromatic heterocycles. The second kappa shape index (κ2) is 36.5. The number of carbonyl (C=O) groups excluding carboxylic acids is 8. The molecule has 2 heterocycles. The SMILES string of the molecule is C.C=CCNC1=C2CCC[C@H](OC)[C@H](O)[C@@H](C)/C=C(\C)[C@H](OC(N)=O)[C@@H](OC)/C=C\C=C(/C)C(=O)NC(=CC1=O)C2=O.CO[C@H]1/C=C\C=C(/C)C(=O)NC2=CC(=O)C(NCCN(C)C)=C(CCC[C@H](OC)[C@H](O)[C@@H](C)/C=C(\C)[C@@H]1OC(N)=O)C2=O. The fraction of sp³-hybridized carbons (Fsp3) is 0.516. The number of Topliss-reactive ketones (excluding diaryl/α,β-unsaturated/α-hetero) is 2. The highest BCUT2D eigenvalue weighted by Gasteiger charge is 2.34. The van der Waals surface area contributed by atoms with Crippen molar-refractivity contribution in [1.29, 1.82) is 0 Å². The molecule has 10 N–H and O–H groups in total. The number of aliphatic hydroxyl groups is 2. The topological polar surface area (TPSA) is 336 Å². The quantitative estimate of drug-likeness (QED) is 0.0923. The number of aliphatic hydroxyl groups excluding tert-OH is 2. The zero-order chi connectivity index (χ0) is 63.0. The number of fused-ring (bicyclic) bond motifs is 4. The van der Waals surface area contributed by atoms with Crippen molar-refractivity contribution < 1.29 is 77.0 Å². The Bertz CT molecular complexity index is 2750. The Balaban J connectivity index is 0.000000574. The van der Waals surface area contributed by atoms with E-state index >= 15 is 0 Å². The van der Waals surface area contributed by atoms with Crippen LogP contribution in [0.1, 0.15) is 87.5 Å². The lowest BCUT2D eigenvalue weighted by molar-refractivity contribution is -0.120. The number of nitrogens with zero attached hydrogens (tertiary/aromatic N) is 1. The van der Waals surface area contributed by atoms with Crippen LogP contribution in [0.15, 0.2) is 130 Å². The van der Waals surface area contributed by atoms with Gasteiger partial charge in [-0.2, -0.15) is 0 Å². The van der Waals surface area contributed by atoms with Gasteiger partial charge in [0.05, 0.1) is 47.2 Å².